The van der Waals surface area contributed by atoms with Gasteiger partial charge in [0.05, 0.1) is 17.3 Å². The molecule has 0 saturated carbocycles. The zero-order valence-electron chi connectivity index (χ0n) is 15.2. The zero-order valence-corrected chi connectivity index (χ0v) is 16.0. The third-order valence-electron chi connectivity index (χ3n) is 3.72. The molecule has 8 heteroatoms. The number of benzene rings is 2. The van der Waals surface area contributed by atoms with E-state index in [9.17, 15) is 18.0 Å². The molecule has 144 valence electrons. The number of nitrogens with one attached hydrogen (secondary N) is 2. The minimum absolute atomic E-state index is 0.166. The molecule has 0 bridgehead atoms. The van der Waals surface area contributed by atoms with Crippen LogP contribution in [-0.2, 0) is 14.6 Å². The van der Waals surface area contributed by atoms with Gasteiger partial charge in [-0.1, -0.05) is 17.7 Å². The number of rotatable bonds is 7. The van der Waals surface area contributed by atoms with E-state index in [0.29, 0.717) is 17.9 Å². The van der Waals surface area contributed by atoms with Crippen molar-refractivity contribution >= 4 is 21.7 Å². The molecule has 7 nitrogen and oxygen atoms in total. The van der Waals surface area contributed by atoms with Crippen molar-refractivity contribution in [2.24, 2.45) is 0 Å². The fourth-order valence-electron chi connectivity index (χ4n) is 2.22. The van der Waals surface area contributed by atoms with Crippen molar-refractivity contribution in [3.8, 4) is 5.75 Å². The minimum atomic E-state index is -3.56. The maximum Gasteiger partial charge on any atom is 0.269 e. The van der Waals surface area contributed by atoms with Crippen LogP contribution in [0.2, 0.25) is 0 Å². The van der Waals surface area contributed by atoms with E-state index in [0.717, 1.165) is 5.56 Å². The van der Waals surface area contributed by atoms with Crippen LogP contribution in [0.5, 0.6) is 5.75 Å². The summed E-state index contributed by atoms with van der Waals surface area (Å²) in [5.74, 6) is -0.807. The molecule has 0 unspecified atom stereocenters. The quantitative estimate of drug-likeness (QED) is 0.705. The number of hydrogen-bond donors (Lipinski definition) is 2. The Hall–Kier alpha value is -2.87. The van der Waals surface area contributed by atoms with Crippen LogP contribution in [0.1, 0.15) is 29.3 Å². The summed E-state index contributed by atoms with van der Waals surface area (Å²) in [7, 11) is -3.56. The Labute approximate surface area is 158 Å². The summed E-state index contributed by atoms with van der Waals surface area (Å²) in [6, 6.07) is 12.8. The number of sulfone groups is 1. The summed E-state index contributed by atoms with van der Waals surface area (Å²) in [6.07, 6.45) is -0.264. The lowest BCUT2D eigenvalue weighted by Gasteiger charge is -2.09. The maximum absolute atomic E-state index is 12.2. The Balaban J connectivity index is 1.83. The number of hydrazine groups is 1. The second kappa shape index (κ2) is 9.18. The van der Waals surface area contributed by atoms with Gasteiger partial charge in [0.25, 0.3) is 5.91 Å². The van der Waals surface area contributed by atoms with E-state index in [1.807, 2.05) is 13.8 Å². The molecule has 0 aliphatic carbocycles. The zero-order chi connectivity index (χ0) is 19.9. The van der Waals surface area contributed by atoms with Gasteiger partial charge < -0.3 is 4.74 Å². The van der Waals surface area contributed by atoms with Gasteiger partial charge in [-0.15, -0.1) is 0 Å². The van der Waals surface area contributed by atoms with Gasteiger partial charge in [-0.3, -0.25) is 20.4 Å². The van der Waals surface area contributed by atoms with Crippen molar-refractivity contribution in [1.29, 1.82) is 0 Å². The highest BCUT2D eigenvalue weighted by molar-refractivity contribution is 7.91. The van der Waals surface area contributed by atoms with Crippen molar-refractivity contribution in [2.75, 3.05) is 12.4 Å². The molecule has 2 N–H and O–H groups in total. The Morgan fingerprint density at radius 1 is 0.963 bits per heavy atom. The summed E-state index contributed by atoms with van der Waals surface area (Å²) < 4.78 is 29.7. The summed E-state index contributed by atoms with van der Waals surface area (Å²) in [6.45, 7) is 4.24. The van der Waals surface area contributed by atoms with Gasteiger partial charge in [0, 0.05) is 12.0 Å². The Morgan fingerprint density at radius 2 is 1.59 bits per heavy atom. The lowest BCUT2D eigenvalue weighted by atomic mass is 10.2. The number of hydrogen-bond acceptors (Lipinski definition) is 5. The molecule has 0 heterocycles. The number of ether oxygens (including phenoxy) is 1. The average molecular weight is 390 g/mol. The van der Waals surface area contributed by atoms with E-state index >= 15 is 0 Å². The van der Waals surface area contributed by atoms with Crippen LogP contribution >= 0.6 is 0 Å². The number of aryl methyl sites for hydroxylation is 1. The number of amides is 2. The van der Waals surface area contributed by atoms with Crippen LogP contribution in [0.3, 0.4) is 0 Å². The van der Waals surface area contributed by atoms with E-state index in [4.69, 9.17) is 4.74 Å². The first-order valence-corrected chi connectivity index (χ1v) is 10.1. The normalized spacial score (nSPS) is 10.9. The van der Waals surface area contributed by atoms with Crippen molar-refractivity contribution < 1.29 is 22.7 Å². The van der Waals surface area contributed by atoms with Gasteiger partial charge >= 0.3 is 0 Å². The molecule has 0 aliphatic rings. The summed E-state index contributed by atoms with van der Waals surface area (Å²) in [5.41, 5.74) is 5.77. The molecule has 2 aromatic carbocycles. The first-order chi connectivity index (χ1) is 12.8. The van der Waals surface area contributed by atoms with Gasteiger partial charge in [0.2, 0.25) is 5.91 Å². The van der Waals surface area contributed by atoms with E-state index in [1.165, 1.54) is 12.1 Å². The van der Waals surface area contributed by atoms with Gasteiger partial charge in [0.15, 0.2) is 9.84 Å². The summed E-state index contributed by atoms with van der Waals surface area (Å²) in [5, 5.41) is 0. The van der Waals surface area contributed by atoms with Gasteiger partial charge in [-0.05, 0) is 50.2 Å². The highest BCUT2D eigenvalue weighted by Crippen LogP contribution is 2.13. The van der Waals surface area contributed by atoms with E-state index < -0.39 is 21.7 Å². The smallest absolute Gasteiger partial charge is 0.269 e. The van der Waals surface area contributed by atoms with E-state index in [2.05, 4.69) is 10.9 Å². The maximum atomic E-state index is 12.2. The van der Waals surface area contributed by atoms with Gasteiger partial charge in [0.1, 0.15) is 5.75 Å². The van der Waals surface area contributed by atoms with Crippen LogP contribution in [0, 0.1) is 6.92 Å². The molecule has 27 heavy (non-hydrogen) atoms. The Morgan fingerprint density at radius 3 is 2.19 bits per heavy atom. The summed E-state index contributed by atoms with van der Waals surface area (Å²) in [4.78, 5) is 24.0. The molecular weight excluding hydrogens is 368 g/mol. The number of carbonyl (C=O) groups is 2. The van der Waals surface area contributed by atoms with E-state index in [-0.39, 0.29) is 17.1 Å². The molecule has 0 saturated heterocycles. The fourth-order valence-corrected chi connectivity index (χ4v) is 3.46. The molecule has 2 amide bonds. The standard InChI is InChI=1S/C19H22N2O5S/c1-3-26-16-8-6-15(7-9-16)19(23)21-20-18(22)12-13-27(24,25)17-10-4-14(2)5-11-17/h4-11H,3,12-13H2,1-2H3,(H,20,22)(H,21,23). The molecule has 0 aliphatic heterocycles. The topological polar surface area (TPSA) is 102 Å². The summed E-state index contributed by atoms with van der Waals surface area (Å²) >= 11 is 0. The number of carbonyl (C=O) groups excluding carboxylic acids is 2. The first kappa shape index (κ1) is 20.4. The molecule has 0 radical (unpaired) electrons. The highest BCUT2D eigenvalue weighted by Gasteiger charge is 2.16. The van der Waals surface area contributed by atoms with Crippen LogP contribution in [0.15, 0.2) is 53.4 Å². The predicted octanol–water partition coefficient (Wildman–Crippen LogP) is 2.02. The van der Waals surface area contributed by atoms with Crippen molar-refractivity contribution in [1.82, 2.24) is 10.9 Å². The van der Waals surface area contributed by atoms with Crippen molar-refractivity contribution in [3.63, 3.8) is 0 Å². The van der Waals surface area contributed by atoms with Crippen LogP contribution in [-0.4, -0.2) is 32.6 Å². The van der Waals surface area contributed by atoms with Crippen molar-refractivity contribution in [3.05, 3.63) is 59.7 Å². The molecule has 0 spiro atoms. The lowest BCUT2D eigenvalue weighted by Crippen LogP contribution is -2.42. The van der Waals surface area contributed by atoms with Gasteiger partial charge in [-0.25, -0.2) is 8.42 Å². The lowest BCUT2D eigenvalue weighted by molar-refractivity contribution is -0.121. The SMILES string of the molecule is CCOc1ccc(C(=O)NNC(=O)CCS(=O)(=O)c2ccc(C)cc2)cc1. The monoisotopic (exact) mass is 390 g/mol. The Bertz CT molecular complexity index is 891. The highest BCUT2D eigenvalue weighted by atomic mass is 32.2. The third kappa shape index (κ3) is 6.10. The average Bonchev–Trinajstić information content (AvgIpc) is 2.66. The van der Waals surface area contributed by atoms with E-state index in [1.54, 1.807) is 36.4 Å². The molecule has 0 atom stereocenters. The van der Waals surface area contributed by atoms with Gasteiger partial charge in [-0.2, -0.15) is 0 Å². The van der Waals surface area contributed by atoms with Crippen molar-refractivity contribution in [2.45, 2.75) is 25.2 Å². The minimum Gasteiger partial charge on any atom is -0.494 e. The molecule has 2 aromatic rings. The fraction of sp³-hybridized carbons (Fsp3) is 0.263. The Kier molecular flexibility index (Phi) is 6.95. The van der Waals surface area contributed by atoms with Crippen LogP contribution < -0.4 is 15.6 Å². The molecule has 0 aromatic heterocycles. The van der Waals surface area contributed by atoms with Crippen LogP contribution in [0.25, 0.3) is 0 Å². The third-order valence-corrected chi connectivity index (χ3v) is 5.45. The first-order valence-electron chi connectivity index (χ1n) is 8.43. The second-order valence-corrected chi connectivity index (χ2v) is 7.95. The predicted molar refractivity (Wildman–Crippen MR) is 101 cm³/mol. The largest absolute Gasteiger partial charge is 0.494 e. The second-order valence-electron chi connectivity index (χ2n) is 5.84. The van der Waals surface area contributed by atoms with Crippen LogP contribution in [0.4, 0.5) is 0 Å². The molecule has 2 rings (SSSR count). The molecule has 0 fully saturated rings. The molecular formula is C19H22N2O5S.